The maximum absolute atomic E-state index is 12.9. The third kappa shape index (κ3) is 3.03. The van der Waals surface area contributed by atoms with Crippen molar-refractivity contribution in [3.05, 3.63) is 69.9 Å². The Hall–Kier alpha value is -2.88. The molecule has 0 aromatic heterocycles. The second-order valence-electron chi connectivity index (χ2n) is 6.85. The summed E-state index contributed by atoms with van der Waals surface area (Å²) in [4.78, 5) is 27.0. The first kappa shape index (κ1) is 17.9. The fourth-order valence-electron chi connectivity index (χ4n) is 3.23. The van der Waals surface area contributed by atoms with Gasteiger partial charge in [0.25, 0.3) is 11.8 Å². The summed E-state index contributed by atoms with van der Waals surface area (Å²) in [7, 11) is 0. The van der Waals surface area contributed by atoms with Gasteiger partial charge in [-0.25, -0.2) is 0 Å². The van der Waals surface area contributed by atoms with Crippen LogP contribution in [0.15, 0.2) is 42.1 Å². The first-order valence-corrected chi connectivity index (χ1v) is 8.85. The maximum Gasteiger partial charge on any atom is 0.278 e. The van der Waals surface area contributed by atoms with Gasteiger partial charge in [-0.15, -0.1) is 0 Å². The van der Waals surface area contributed by atoms with E-state index in [-0.39, 0.29) is 11.8 Å². The maximum atomic E-state index is 12.9. The van der Waals surface area contributed by atoms with Crippen molar-refractivity contribution >= 4 is 23.1 Å². The number of carbonyl (C=O) groups excluding carboxylic acids is 2. The molecule has 4 nitrogen and oxygen atoms in total. The van der Waals surface area contributed by atoms with E-state index in [1.165, 1.54) is 4.90 Å². The quantitative estimate of drug-likeness (QED) is 0.845. The van der Waals surface area contributed by atoms with E-state index in [0.717, 1.165) is 33.5 Å². The molecule has 0 radical (unpaired) electrons. The van der Waals surface area contributed by atoms with Crippen molar-refractivity contribution in [2.75, 3.05) is 11.9 Å². The number of likely N-dealkylation sites (N-methyl/N-ethyl adjacent to an activating group) is 1. The smallest absolute Gasteiger partial charge is 0.278 e. The van der Waals surface area contributed by atoms with Crippen molar-refractivity contribution in [2.45, 2.75) is 34.6 Å². The topological polar surface area (TPSA) is 49.4 Å². The molecule has 2 aromatic rings. The molecule has 2 amide bonds. The minimum absolute atomic E-state index is 0.243. The van der Waals surface area contributed by atoms with E-state index in [2.05, 4.69) is 11.4 Å². The Labute approximate surface area is 154 Å². The average Bonchev–Trinajstić information content (AvgIpc) is 2.82. The molecule has 0 spiro atoms. The van der Waals surface area contributed by atoms with E-state index in [1.807, 2.05) is 65.0 Å². The van der Waals surface area contributed by atoms with Gasteiger partial charge in [-0.2, -0.15) is 0 Å². The lowest BCUT2D eigenvalue weighted by Crippen LogP contribution is -2.32. The molecular formula is C22H24N2O2. The van der Waals surface area contributed by atoms with Gasteiger partial charge in [0.2, 0.25) is 0 Å². The van der Waals surface area contributed by atoms with Gasteiger partial charge < -0.3 is 5.32 Å². The van der Waals surface area contributed by atoms with Gasteiger partial charge in [0.05, 0.1) is 5.57 Å². The lowest BCUT2D eigenvalue weighted by Gasteiger charge is -2.13. The molecular weight excluding hydrogens is 324 g/mol. The number of rotatable bonds is 4. The van der Waals surface area contributed by atoms with E-state index >= 15 is 0 Å². The largest absolute Gasteiger partial charge is 0.350 e. The summed E-state index contributed by atoms with van der Waals surface area (Å²) in [5.41, 5.74) is 6.85. The Morgan fingerprint density at radius 1 is 0.846 bits per heavy atom. The fraction of sp³-hybridized carbons (Fsp3) is 0.273. The summed E-state index contributed by atoms with van der Waals surface area (Å²) >= 11 is 0. The number of carbonyl (C=O) groups is 2. The second-order valence-corrected chi connectivity index (χ2v) is 6.85. The molecule has 0 atom stereocenters. The molecule has 0 saturated heterocycles. The van der Waals surface area contributed by atoms with Crippen LogP contribution < -0.4 is 5.32 Å². The van der Waals surface area contributed by atoms with Gasteiger partial charge in [-0.3, -0.25) is 14.5 Å². The van der Waals surface area contributed by atoms with Crippen LogP contribution in [0.3, 0.4) is 0 Å². The van der Waals surface area contributed by atoms with E-state index < -0.39 is 0 Å². The number of imide groups is 1. The van der Waals surface area contributed by atoms with Crippen molar-refractivity contribution in [2.24, 2.45) is 0 Å². The van der Waals surface area contributed by atoms with Crippen molar-refractivity contribution in [1.29, 1.82) is 0 Å². The third-order valence-corrected chi connectivity index (χ3v) is 4.92. The van der Waals surface area contributed by atoms with Crippen molar-refractivity contribution in [3.63, 3.8) is 0 Å². The van der Waals surface area contributed by atoms with Crippen molar-refractivity contribution in [1.82, 2.24) is 4.90 Å². The standard InChI is InChI=1S/C22H24N2O2/c1-6-24-21(25)19(17-9-8-14(3)15(4)12-17)20(22(24)26)23-18-10-7-13(2)11-16(18)5/h7-12,23H,6H2,1-5H3. The van der Waals surface area contributed by atoms with Crippen molar-refractivity contribution < 1.29 is 9.59 Å². The number of hydrogen-bond acceptors (Lipinski definition) is 3. The predicted octanol–water partition coefficient (Wildman–Crippen LogP) is 4.13. The minimum Gasteiger partial charge on any atom is -0.350 e. The molecule has 1 aliphatic heterocycles. The summed E-state index contributed by atoms with van der Waals surface area (Å²) in [5, 5.41) is 3.23. The lowest BCUT2D eigenvalue weighted by atomic mass is 9.99. The van der Waals surface area contributed by atoms with Crippen molar-refractivity contribution in [3.8, 4) is 0 Å². The number of nitrogens with one attached hydrogen (secondary N) is 1. The zero-order valence-electron chi connectivity index (χ0n) is 15.9. The highest BCUT2D eigenvalue weighted by atomic mass is 16.2. The Morgan fingerprint density at radius 2 is 1.58 bits per heavy atom. The Morgan fingerprint density at radius 3 is 2.19 bits per heavy atom. The molecule has 3 rings (SSSR count). The van der Waals surface area contributed by atoms with Gasteiger partial charge in [0.15, 0.2) is 0 Å². The lowest BCUT2D eigenvalue weighted by molar-refractivity contribution is -0.136. The highest BCUT2D eigenvalue weighted by Crippen LogP contribution is 2.32. The van der Waals surface area contributed by atoms with Gasteiger partial charge in [0, 0.05) is 12.2 Å². The minimum atomic E-state index is -0.272. The van der Waals surface area contributed by atoms with E-state index in [9.17, 15) is 9.59 Å². The molecule has 134 valence electrons. The van der Waals surface area contributed by atoms with Crippen LogP contribution in [0.4, 0.5) is 5.69 Å². The molecule has 1 N–H and O–H groups in total. The van der Waals surface area contributed by atoms with Gasteiger partial charge in [0.1, 0.15) is 5.70 Å². The van der Waals surface area contributed by atoms with Crippen LogP contribution in [-0.2, 0) is 9.59 Å². The van der Waals surface area contributed by atoms with Gasteiger partial charge in [-0.1, -0.05) is 35.9 Å². The zero-order chi connectivity index (χ0) is 19.0. The van der Waals surface area contributed by atoms with E-state index in [0.29, 0.717) is 17.8 Å². The van der Waals surface area contributed by atoms with Crippen LogP contribution in [-0.4, -0.2) is 23.3 Å². The molecule has 26 heavy (non-hydrogen) atoms. The highest BCUT2D eigenvalue weighted by molar-refractivity contribution is 6.36. The fourth-order valence-corrected chi connectivity index (χ4v) is 3.23. The molecule has 0 aliphatic carbocycles. The van der Waals surface area contributed by atoms with E-state index in [4.69, 9.17) is 0 Å². The van der Waals surface area contributed by atoms with Crippen LogP contribution in [0, 0.1) is 27.7 Å². The molecule has 0 unspecified atom stereocenters. The number of benzene rings is 2. The summed E-state index contributed by atoms with van der Waals surface area (Å²) in [5.74, 6) is -0.515. The van der Waals surface area contributed by atoms with E-state index in [1.54, 1.807) is 0 Å². The number of aryl methyl sites for hydroxylation is 4. The Kier molecular flexibility index (Phi) is 4.68. The third-order valence-electron chi connectivity index (χ3n) is 4.92. The normalized spacial score (nSPS) is 14.4. The first-order chi connectivity index (χ1) is 12.3. The SMILES string of the molecule is CCN1C(=O)C(Nc2ccc(C)cc2C)=C(c2ccc(C)c(C)c2)C1=O. The first-order valence-electron chi connectivity index (χ1n) is 8.85. The zero-order valence-corrected chi connectivity index (χ0v) is 15.9. The summed E-state index contributed by atoms with van der Waals surface area (Å²) in [6.45, 7) is 10.2. The highest BCUT2D eigenvalue weighted by Gasteiger charge is 2.38. The molecule has 4 heteroatoms. The number of amides is 2. The van der Waals surface area contributed by atoms with Crippen LogP contribution in [0.5, 0.6) is 0 Å². The molecule has 1 heterocycles. The summed E-state index contributed by atoms with van der Waals surface area (Å²) < 4.78 is 0. The summed E-state index contributed by atoms with van der Waals surface area (Å²) in [6, 6.07) is 11.9. The monoisotopic (exact) mass is 348 g/mol. The second kappa shape index (κ2) is 6.79. The van der Waals surface area contributed by atoms with Crippen LogP contribution in [0.25, 0.3) is 5.57 Å². The number of hydrogen-bond donors (Lipinski definition) is 1. The predicted molar refractivity (Wildman–Crippen MR) is 105 cm³/mol. The number of nitrogens with zero attached hydrogens (tertiary/aromatic N) is 1. The molecule has 0 saturated carbocycles. The van der Waals surface area contributed by atoms with Crippen LogP contribution in [0.2, 0.25) is 0 Å². The molecule has 0 fully saturated rings. The van der Waals surface area contributed by atoms with Crippen LogP contribution >= 0.6 is 0 Å². The number of anilines is 1. The molecule has 1 aliphatic rings. The summed E-state index contributed by atoms with van der Waals surface area (Å²) in [6.07, 6.45) is 0. The van der Waals surface area contributed by atoms with Gasteiger partial charge >= 0.3 is 0 Å². The average molecular weight is 348 g/mol. The molecule has 2 aromatic carbocycles. The van der Waals surface area contributed by atoms with Crippen LogP contribution in [0.1, 0.15) is 34.7 Å². The Balaban J connectivity index is 2.13. The van der Waals surface area contributed by atoms with Gasteiger partial charge in [-0.05, 0) is 62.9 Å². The Bertz CT molecular complexity index is 941. The molecule has 0 bridgehead atoms.